The number of rotatable bonds is 5. The molecule has 1 fully saturated rings. The number of likely N-dealkylation sites (tertiary alicyclic amines) is 1. The Morgan fingerprint density at radius 3 is 2.25 bits per heavy atom. The zero-order valence-corrected chi connectivity index (χ0v) is 13.1. The minimum absolute atomic E-state index is 0.361. The Morgan fingerprint density at radius 2 is 1.70 bits per heavy atom. The van der Waals surface area contributed by atoms with Gasteiger partial charge in [0.25, 0.3) is 0 Å². The van der Waals surface area contributed by atoms with Crippen molar-refractivity contribution in [3.05, 3.63) is 35.4 Å². The summed E-state index contributed by atoms with van der Waals surface area (Å²) in [5.41, 5.74) is 2.29. The van der Waals surface area contributed by atoms with Crippen LogP contribution in [0, 0.1) is 5.92 Å². The van der Waals surface area contributed by atoms with Crippen LogP contribution >= 0.6 is 0 Å². The summed E-state index contributed by atoms with van der Waals surface area (Å²) in [5, 5.41) is 0. The zero-order chi connectivity index (χ0) is 14.6. The third-order valence-electron chi connectivity index (χ3n) is 3.84. The largest absolute Gasteiger partial charge is 0.299 e. The van der Waals surface area contributed by atoms with Crippen molar-refractivity contribution in [2.24, 2.45) is 5.92 Å². The summed E-state index contributed by atoms with van der Waals surface area (Å²) >= 11 is 0. The van der Waals surface area contributed by atoms with Gasteiger partial charge in [0.05, 0.1) is 6.26 Å². The van der Waals surface area contributed by atoms with Gasteiger partial charge in [-0.25, -0.2) is 13.1 Å². The van der Waals surface area contributed by atoms with E-state index in [0.717, 1.165) is 18.0 Å². The van der Waals surface area contributed by atoms with E-state index < -0.39 is 10.0 Å². The first-order chi connectivity index (χ1) is 9.42. The van der Waals surface area contributed by atoms with Crippen molar-refractivity contribution in [2.75, 3.05) is 19.3 Å². The first-order valence-electron chi connectivity index (χ1n) is 7.17. The Hall–Kier alpha value is -0.910. The van der Waals surface area contributed by atoms with E-state index in [1.165, 1.54) is 37.8 Å². The highest BCUT2D eigenvalue weighted by Gasteiger charge is 2.15. The Labute approximate surface area is 122 Å². The monoisotopic (exact) mass is 296 g/mol. The van der Waals surface area contributed by atoms with Crippen LogP contribution < -0.4 is 4.72 Å². The number of hydrogen-bond donors (Lipinski definition) is 1. The van der Waals surface area contributed by atoms with Crippen molar-refractivity contribution in [2.45, 2.75) is 32.9 Å². The van der Waals surface area contributed by atoms with Crippen molar-refractivity contribution < 1.29 is 8.42 Å². The van der Waals surface area contributed by atoms with Crippen LogP contribution in [0.1, 0.15) is 30.9 Å². The fourth-order valence-electron chi connectivity index (χ4n) is 2.46. The maximum Gasteiger partial charge on any atom is 0.209 e. The van der Waals surface area contributed by atoms with E-state index in [4.69, 9.17) is 0 Å². The Bertz CT molecular complexity index is 517. The minimum atomic E-state index is -3.12. The molecule has 1 heterocycles. The molecule has 0 bridgehead atoms. The van der Waals surface area contributed by atoms with E-state index in [1.54, 1.807) is 0 Å². The summed E-state index contributed by atoms with van der Waals surface area (Å²) < 4.78 is 24.6. The first-order valence-corrected chi connectivity index (χ1v) is 9.06. The quantitative estimate of drug-likeness (QED) is 0.904. The third-order valence-corrected chi connectivity index (χ3v) is 4.51. The predicted molar refractivity (Wildman–Crippen MR) is 81.8 cm³/mol. The van der Waals surface area contributed by atoms with Crippen molar-refractivity contribution in [3.63, 3.8) is 0 Å². The molecule has 0 aromatic heterocycles. The van der Waals surface area contributed by atoms with Gasteiger partial charge in [0.1, 0.15) is 0 Å². The average Bonchev–Trinajstić information content (AvgIpc) is 2.40. The number of benzene rings is 1. The highest BCUT2D eigenvalue weighted by molar-refractivity contribution is 7.88. The molecule has 112 valence electrons. The van der Waals surface area contributed by atoms with E-state index in [2.05, 4.69) is 28.7 Å². The number of piperidine rings is 1. The molecule has 0 unspecified atom stereocenters. The minimum Gasteiger partial charge on any atom is -0.299 e. The number of sulfonamides is 1. The fraction of sp³-hybridized carbons (Fsp3) is 0.600. The van der Waals surface area contributed by atoms with Crippen molar-refractivity contribution >= 4 is 10.0 Å². The van der Waals surface area contributed by atoms with Crippen molar-refractivity contribution in [1.82, 2.24) is 9.62 Å². The molecule has 1 aromatic rings. The molecule has 0 radical (unpaired) electrons. The number of hydrogen-bond acceptors (Lipinski definition) is 3. The predicted octanol–water partition coefficient (Wildman–Crippen LogP) is 1.97. The highest BCUT2D eigenvalue weighted by Crippen LogP contribution is 2.18. The fourth-order valence-corrected chi connectivity index (χ4v) is 2.88. The van der Waals surface area contributed by atoms with Gasteiger partial charge in [-0.2, -0.15) is 0 Å². The van der Waals surface area contributed by atoms with E-state index >= 15 is 0 Å². The van der Waals surface area contributed by atoms with Crippen LogP contribution in [0.4, 0.5) is 0 Å². The van der Waals surface area contributed by atoms with Crippen LogP contribution in [0.15, 0.2) is 24.3 Å². The second kappa shape index (κ2) is 6.70. The van der Waals surface area contributed by atoms with Crippen LogP contribution in [0.5, 0.6) is 0 Å². The molecule has 1 aromatic carbocycles. The van der Waals surface area contributed by atoms with Gasteiger partial charge < -0.3 is 0 Å². The van der Waals surface area contributed by atoms with Gasteiger partial charge in [0.2, 0.25) is 10.0 Å². The molecule has 5 heteroatoms. The van der Waals surface area contributed by atoms with E-state index in [0.29, 0.717) is 6.54 Å². The second-order valence-electron chi connectivity index (χ2n) is 5.87. The molecule has 0 saturated carbocycles. The summed E-state index contributed by atoms with van der Waals surface area (Å²) in [5.74, 6) is 0.857. The molecule has 0 amide bonds. The van der Waals surface area contributed by atoms with Gasteiger partial charge in [-0.3, -0.25) is 4.90 Å². The molecule has 20 heavy (non-hydrogen) atoms. The van der Waals surface area contributed by atoms with Gasteiger partial charge in [-0.1, -0.05) is 31.2 Å². The zero-order valence-electron chi connectivity index (χ0n) is 12.3. The molecule has 1 saturated heterocycles. The molecule has 4 nitrogen and oxygen atoms in total. The van der Waals surface area contributed by atoms with Crippen molar-refractivity contribution in [3.8, 4) is 0 Å². The topological polar surface area (TPSA) is 49.4 Å². The molecule has 2 rings (SSSR count). The smallest absolute Gasteiger partial charge is 0.209 e. The molecule has 0 spiro atoms. The summed E-state index contributed by atoms with van der Waals surface area (Å²) in [6.45, 7) is 6.03. The maximum absolute atomic E-state index is 11.0. The molecular formula is C15H24N2O2S. The normalized spacial score (nSPS) is 18.3. The van der Waals surface area contributed by atoms with Crippen molar-refractivity contribution in [1.29, 1.82) is 0 Å². The number of nitrogens with zero attached hydrogens (tertiary/aromatic N) is 1. The van der Waals surface area contributed by atoms with Crippen LogP contribution in [0.25, 0.3) is 0 Å². The lowest BCUT2D eigenvalue weighted by Gasteiger charge is -2.30. The first kappa shape index (κ1) is 15.5. The summed E-state index contributed by atoms with van der Waals surface area (Å²) in [6.07, 6.45) is 3.76. The molecule has 0 aliphatic carbocycles. The van der Waals surface area contributed by atoms with Gasteiger partial charge in [-0.05, 0) is 43.0 Å². The summed E-state index contributed by atoms with van der Waals surface area (Å²) in [6, 6.07) is 8.19. The van der Waals surface area contributed by atoms with Crippen LogP contribution in [0.2, 0.25) is 0 Å². The van der Waals surface area contributed by atoms with Crippen LogP contribution in [-0.2, 0) is 23.1 Å². The highest BCUT2D eigenvalue weighted by atomic mass is 32.2. The number of nitrogens with one attached hydrogen (secondary N) is 1. The lowest BCUT2D eigenvalue weighted by atomic mass is 9.99. The average molecular weight is 296 g/mol. The lowest BCUT2D eigenvalue weighted by molar-refractivity contribution is 0.185. The lowest BCUT2D eigenvalue weighted by Crippen LogP contribution is -2.32. The van der Waals surface area contributed by atoms with Gasteiger partial charge in [-0.15, -0.1) is 0 Å². The van der Waals surface area contributed by atoms with Gasteiger partial charge >= 0.3 is 0 Å². The molecule has 1 aliphatic heterocycles. The van der Waals surface area contributed by atoms with E-state index in [9.17, 15) is 8.42 Å². The van der Waals surface area contributed by atoms with Crippen LogP contribution in [0.3, 0.4) is 0 Å². The summed E-state index contributed by atoms with van der Waals surface area (Å²) in [4.78, 5) is 2.49. The van der Waals surface area contributed by atoms with E-state index in [-0.39, 0.29) is 0 Å². The summed E-state index contributed by atoms with van der Waals surface area (Å²) in [7, 11) is -3.12. The Kier molecular flexibility index (Phi) is 5.18. The second-order valence-corrected chi connectivity index (χ2v) is 7.70. The van der Waals surface area contributed by atoms with Gasteiger partial charge in [0, 0.05) is 13.1 Å². The SMILES string of the molecule is CC1CCN(Cc2ccc(CNS(C)(=O)=O)cc2)CC1. The van der Waals surface area contributed by atoms with Crippen LogP contribution in [-0.4, -0.2) is 32.7 Å². The molecule has 1 aliphatic rings. The molecule has 0 atom stereocenters. The molecular weight excluding hydrogens is 272 g/mol. The van der Waals surface area contributed by atoms with E-state index in [1.807, 2.05) is 12.1 Å². The Morgan fingerprint density at radius 1 is 1.15 bits per heavy atom. The Balaban J connectivity index is 1.85. The maximum atomic E-state index is 11.0. The molecule has 1 N–H and O–H groups in total. The standard InChI is InChI=1S/C15H24N2O2S/c1-13-7-9-17(10-8-13)12-15-5-3-14(4-6-15)11-16-20(2,18)19/h3-6,13,16H,7-12H2,1-2H3. The third kappa shape index (κ3) is 5.23. The van der Waals surface area contributed by atoms with Gasteiger partial charge in [0.15, 0.2) is 0 Å².